The van der Waals surface area contributed by atoms with E-state index in [1.807, 2.05) is 0 Å². The second kappa shape index (κ2) is 27.6. The summed E-state index contributed by atoms with van der Waals surface area (Å²) in [5, 5.41) is 41.4. The fourth-order valence-corrected chi connectivity index (χ4v) is 3.55. The average Bonchev–Trinajstić information content (AvgIpc) is 2.90. The molecule has 0 N–H and O–H groups in total. The molecule has 0 aliphatic heterocycles. The Hall–Kier alpha value is -2.73. The van der Waals surface area contributed by atoms with E-state index in [1.165, 1.54) is 0 Å². The van der Waals surface area contributed by atoms with Gasteiger partial charge in [-0.2, -0.15) is 0 Å². The molecule has 0 fully saturated rings. The van der Waals surface area contributed by atoms with E-state index in [1.54, 1.807) is 83.1 Å². The van der Waals surface area contributed by atoms with Crippen molar-refractivity contribution in [3.05, 3.63) is 0 Å². The van der Waals surface area contributed by atoms with Crippen molar-refractivity contribution in [3.8, 4) is 0 Å². The molecule has 13 heteroatoms. The largest absolute Gasteiger partial charge is 4.00 e. The molecule has 4 atom stereocenters. The number of carboxylic acids is 4. The minimum Gasteiger partial charge on any atom is -0.549 e. The number of aliphatic carboxylic acids is 4. The van der Waals surface area contributed by atoms with Crippen LogP contribution in [0.4, 0.5) is 0 Å². The van der Waals surface area contributed by atoms with Crippen LogP contribution in [0, 0.1) is 47.3 Å². The van der Waals surface area contributed by atoms with Gasteiger partial charge in [-0.05, 0) is 25.7 Å². The fraction of sp³-hybridized carbons (Fsp3) is 0.750. The SMILES string of the molecule is CCC(C(=O)[O-])C(=O)C(C)C.CCC(C(=O)[O-])C(=O)C(C)C.CCC(C(=O)[O-])C(=O)C(C)C.CCC(C(=O)[O-])C(=O)C(C)C.[Ti+4]. The molecule has 0 spiro atoms. The van der Waals surface area contributed by atoms with Crippen LogP contribution in [0.15, 0.2) is 0 Å². The summed E-state index contributed by atoms with van der Waals surface area (Å²) in [4.78, 5) is 85.8. The minimum atomic E-state index is -1.26. The zero-order valence-corrected chi connectivity index (χ0v) is 30.4. The van der Waals surface area contributed by atoms with Gasteiger partial charge in [0.05, 0.1) is 47.5 Å². The third-order valence-corrected chi connectivity index (χ3v) is 6.42. The molecule has 4 unspecified atom stereocenters. The van der Waals surface area contributed by atoms with Gasteiger partial charge in [-0.1, -0.05) is 83.1 Å². The Bertz CT molecular complexity index is 802. The standard InChI is InChI=1S/4C8H14O3.Ti/c4*1-4-6(8(10)11)7(9)5(2)3;/h4*5-6H,4H2,1-3H3,(H,10,11);/q;;;;+4/p-4. The number of carbonyl (C=O) groups excluding carboxylic acids is 8. The molecule has 0 heterocycles. The summed E-state index contributed by atoms with van der Waals surface area (Å²) in [5.74, 6) is -10.6. The van der Waals surface area contributed by atoms with E-state index in [0.717, 1.165) is 0 Å². The molecule has 45 heavy (non-hydrogen) atoms. The molecule has 256 valence electrons. The zero-order chi connectivity index (χ0) is 36.1. The molecule has 0 saturated carbocycles. The summed E-state index contributed by atoms with van der Waals surface area (Å²) in [6.07, 6.45) is 1.28. The molecule has 0 aliphatic carbocycles. The van der Waals surface area contributed by atoms with Gasteiger partial charge in [-0.3, -0.25) is 19.2 Å². The molecule has 0 rings (SSSR count). The van der Waals surface area contributed by atoms with Crippen LogP contribution in [0.5, 0.6) is 0 Å². The van der Waals surface area contributed by atoms with Crippen LogP contribution < -0.4 is 20.4 Å². The Morgan fingerprint density at radius 2 is 0.467 bits per heavy atom. The Kier molecular flexibility index (Phi) is 31.8. The first-order chi connectivity index (χ1) is 20.0. The first-order valence-electron chi connectivity index (χ1n) is 15.0. The Balaban J connectivity index is -0.000000157. The molecule has 0 bridgehead atoms. The number of hydrogen-bond donors (Lipinski definition) is 0. The van der Waals surface area contributed by atoms with Gasteiger partial charge in [-0.15, -0.1) is 0 Å². The van der Waals surface area contributed by atoms with Gasteiger partial charge >= 0.3 is 21.7 Å². The van der Waals surface area contributed by atoms with Crippen LogP contribution in [0.3, 0.4) is 0 Å². The van der Waals surface area contributed by atoms with Gasteiger partial charge in [0.15, 0.2) is 0 Å². The van der Waals surface area contributed by atoms with Crippen molar-refractivity contribution < 1.29 is 80.5 Å². The fourth-order valence-electron chi connectivity index (χ4n) is 3.55. The van der Waals surface area contributed by atoms with Gasteiger partial charge < -0.3 is 39.6 Å². The molecule has 0 radical (unpaired) electrons. The maximum absolute atomic E-state index is 11.1. The van der Waals surface area contributed by atoms with Gasteiger partial charge in [0, 0.05) is 23.7 Å². The number of ketones is 4. The Morgan fingerprint density at radius 3 is 0.489 bits per heavy atom. The second-order valence-electron chi connectivity index (χ2n) is 11.3. The van der Waals surface area contributed by atoms with Crippen LogP contribution in [0.1, 0.15) is 109 Å². The van der Waals surface area contributed by atoms with E-state index in [0.29, 0.717) is 25.7 Å². The molecule has 0 aromatic carbocycles. The van der Waals surface area contributed by atoms with E-state index in [9.17, 15) is 58.8 Å². The normalized spacial score (nSPS) is 12.8. The van der Waals surface area contributed by atoms with Crippen molar-refractivity contribution in [2.75, 3.05) is 0 Å². The summed E-state index contributed by atoms with van der Waals surface area (Å²) < 4.78 is 0. The van der Waals surface area contributed by atoms with Crippen LogP contribution >= 0.6 is 0 Å². The Labute approximate surface area is 283 Å². The van der Waals surface area contributed by atoms with Crippen LogP contribution in [-0.4, -0.2) is 47.0 Å². The summed E-state index contributed by atoms with van der Waals surface area (Å²) >= 11 is 0. The summed E-state index contributed by atoms with van der Waals surface area (Å²) in [5.41, 5.74) is 0. The van der Waals surface area contributed by atoms with Crippen molar-refractivity contribution in [2.24, 2.45) is 47.3 Å². The molecular weight excluding hydrogens is 624 g/mol. The first-order valence-corrected chi connectivity index (χ1v) is 15.0. The van der Waals surface area contributed by atoms with Crippen molar-refractivity contribution in [1.29, 1.82) is 0 Å². The quantitative estimate of drug-likeness (QED) is 0.155. The first kappa shape index (κ1) is 51.8. The minimum absolute atomic E-state index is 0. The van der Waals surface area contributed by atoms with Crippen LogP contribution in [0.2, 0.25) is 0 Å². The monoisotopic (exact) mass is 676 g/mol. The van der Waals surface area contributed by atoms with E-state index < -0.39 is 47.5 Å². The van der Waals surface area contributed by atoms with Crippen LogP contribution in [-0.2, 0) is 60.1 Å². The van der Waals surface area contributed by atoms with E-state index in [-0.39, 0.29) is 68.5 Å². The van der Waals surface area contributed by atoms with Gasteiger partial charge in [0.2, 0.25) is 0 Å². The Morgan fingerprint density at radius 1 is 0.356 bits per heavy atom. The van der Waals surface area contributed by atoms with Crippen LogP contribution in [0.25, 0.3) is 0 Å². The predicted octanol–water partition coefficient (Wildman–Crippen LogP) is -0.0521. The van der Waals surface area contributed by atoms with Gasteiger partial charge in [0.25, 0.3) is 0 Å². The topological polar surface area (TPSA) is 229 Å². The smallest absolute Gasteiger partial charge is 0.549 e. The van der Waals surface area contributed by atoms with E-state index in [4.69, 9.17) is 0 Å². The van der Waals surface area contributed by atoms with E-state index >= 15 is 0 Å². The summed E-state index contributed by atoms with van der Waals surface area (Å²) in [6.45, 7) is 20.2. The molecule has 0 aliphatic rings. The number of hydrogen-bond acceptors (Lipinski definition) is 12. The molecular formula is C32H52O12Ti. The molecule has 0 saturated heterocycles. The molecule has 0 amide bonds. The summed E-state index contributed by atoms with van der Waals surface area (Å²) in [7, 11) is 0. The van der Waals surface area contributed by atoms with Crippen molar-refractivity contribution >= 4 is 47.0 Å². The van der Waals surface area contributed by atoms with Gasteiger partial charge in [0.1, 0.15) is 23.1 Å². The number of carboxylic acid groups (broad SMARTS) is 4. The van der Waals surface area contributed by atoms with Crippen molar-refractivity contribution in [3.63, 3.8) is 0 Å². The predicted molar refractivity (Wildman–Crippen MR) is 155 cm³/mol. The maximum atomic E-state index is 11.1. The summed E-state index contributed by atoms with van der Waals surface area (Å²) in [6, 6.07) is 0. The number of Topliss-reactive ketones (excluding diaryl/α,β-unsaturated/α-hetero) is 4. The number of rotatable bonds is 16. The number of carbonyl (C=O) groups is 8. The van der Waals surface area contributed by atoms with E-state index in [2.05, 4.69) is 0 Å². The molecule has 12 nitrogen and oxygen atoms in total. The molecule has 0 aromatic heterocycles. The molecule has 0 aromatic rings. The maximum Gasteiger partial charge on any atom is 4.00 e. The average molecular weight is 677 g/mol. The van der Waals surface area contributed by atoms with Crippen molar-refractivity contribution in [1.82, 2.24) is 0 Å². The van der Waals surface area contributed by atoms with Gasteiger partial charge in [-0.25, -0.2) is 0 Å². The zero-order valence-electron chi connectivity index (χ0n) is 28.8. The third kappa shape index (κ3) is 22.4. The second-order valence-corrected chi connectivity index (χ2v) is 11.3. The third-order valence-electron chi connectivity index (χ3n) is 6.42. The van der Waals surface area contributed by atoms with Crippen molar-refractivity contribution in [2.45, 2.75) is 109 Å².